The summed E-state index contributed by atoms with van der Waals surface area (Å²) in [6, 6.07) is 0. The number of carboxylic acids is 1. The molecule has 0 bridgehead atoms. The molecule has 1 aliphatic heterocycles. The molecule has 0 aromatic heterocycles. The summed E-state index contributed by atoms with van der Waals surface area (Å²) in [5.41, 5.74) is -0.785. The van der Waals surface area contributed by atoms with Gasteiger partial charge in [0, 0.05) is 39.3 Å². The van der Waals surface area contributed by atoms with Crippen molar-refractivity contribution in [3.8, 4) is 0 Å². The van der Waals surface area contributed by atoms with Gasteiger partial charge in [0.05, 0.1) is 0 Å². The van der Waals surface area contributed by atoms with Crippen molar-refractivity contribution in [3.05, 3.63) is 0 Å². The van der Waals surface area contributed by atoms with E-state index in [1.807, 2.05) is 11.9 Å². The lowest BCUT2D eigenvalue weighted by molar-refractivity contribution is -0.148. The fourth-order valence-electron chi connectivity index (χ4n) is 1.81. The highest BCUT2D eigenvalue weighted by Crippen LogP contribution is 2.12. The zero-order chi connectivity index (χ0) is 13.1. The maximum Gasteiger partial charge on any atom is 0.323 e. The predicted molar refractivity (Wildman–Crippen MR) is 68.3 cm³/mol. The van der Waals surface area contributed by atoms with E-state index >= 15 is 0 Å². The fourth-order valence-corrected chi connectivity index (χ4v) is 1.81. The Morgan fingerprint density at radius 3 is 2.29 bits per heavy atom. The van der Waals surface area contributed by atoms with Gasteiger partial charge >= 0.3 is 5.97 Å². The highest BCUT2D eigenvalue weighted by Gasteiger charge is 2.31. The van der Waals surface area contributed by atoms with Crippen LogP contribution in [0, 0.1) is 0 Å². The molecule has 0 radical (unpaired) electrons. The van der Waals surface area contributed by atoms with Crippen molar-refractivity contribution in [1.29, 1.82) is 0 Å². The molecule has 0 aromatic rings. The first kappa shape index (κ1) is 14.4. The topological polar surface area (TPSA) is 47.0 Å². The third-order valence-corrected chi connectivity index (χ3v) is 3.83. The van der Waals surface area contributed by atoms with Crippen LogP contribution in [-0.4, -0.2) is 84.7 Å². The summed E-state index contributed by atoms with van der Waals surface area (Å²) in [6.45, 7) is 9.61. The normalized spacial score (nSPS) is 19.8. The van der Waals surface area contributed by atoms with E-state index in [2.05, 4.69) is 16.8 Å². The van der Waals surface area contributed by atoms with Crippen LogP contribution in [0.4, 0.5) is 0 Å². The van der Waals surface area contributed by atoms with Gasteiger partial charge < -0.3 is 10.0 Å². The predicted octanol–water partition coefficient (Wildman–Crippen LogP) is 0.0288. The van der Waals surface area contributed by atoms with E-state index in [4.69, 9.17) is 5.11 Å². The largest absolute Gasteiger partial charge is 0.480 e. The Balaban J connectivity index is 2.33. The van der Waals surface area contributed by atoms with E-state index < -0.39 is 11.5 Å². The Bertz CT molecular complexity index is 260. The Morgan fingerprint density at radius 1 is 1.29 bits per heavy atom. The molecule has 1 fully saturated rings. The van der Waals surface area contributed by atoms with E-state index in [-0.39, 0.29) is 0 Å². The second-order valence-electron chi connectivity index (χ2n) is 5.43. The van der Waals surface area contributed by atoms with Crippen LogP contribution in [0.25, 0.3) is 0 Å². The second-order valence-corrected chi connectivity index (χ2v) is 5.43. The molecule has 0 spiro atoms. The molecule has 1 rings (SSSR count). The number of aliphatic carboxylic acids is 1. The number of nitrogens with zero attached hydrogens (tertiary/aromatic N) is 3. The zero-order valence-corrected chi connectivity index (χ0v) is 11.4. The van der Waals surface area contributed by atoms with Gasteiger partial charge in [-0.3, -0.25) is 14.6 Å². The average Bonchev–Trinajstić information content (AvgIpc) is 2.27. The number of carboxylic acid groups (broad SMARTS) is 1. The van der Waals surface area contributed by atoms with Crippen molar-refractivity contribution in [2.45, 2.75) is 19.4 Å². The van der Waals surface area contributed by atoms with Gasteiger partial charge in [-0.05, 0) is 27.9 Å². The first-order chi connectivity index (χ1) is 7.84. The molecule has 0 amide bonds. The van der Waals surface area contributed by atoms with E-state index in [9.17, 15) is 4.79 Å². The quantitative estimate of drug-likeness (QED) is 0.738. The van der Waals surface area contributed by atoms with Gasteiger partial charge in [0.25, 0.3) is 0 Å². The lowest BCUT2D eigenvalue weighted by Gasteiger charge is -2.36. The highest BCUT2D eigenvalue weighted by atomic mass is 16.4. The maximum absolute atomic E-state index is 11.1. The second kappa shape index (κ2) is 5.80. The lowest BCUT2D eigenvalue weighted by Crippen LogP contribution is -2.52. The van der Waals surface area contributed by atoms with Gasteiger partial charge in [-0.15, -0.1) is 0 Å². The minimum atomic E-state index is -0.785. The lowest BCUT2D eigenvalue weighted by atomic mass is 10.0. The Labute approximate surface area is 104 Å². The van der Waals surface area contributed by atoms with E-state index in [1.54, 1.807) is 13.8 Å². The SMILES string of the molecule is CN1CCN(CCN(C)C(C)(C)C(=O)O)CC1. The molecule has 1 heterocycles. The minimum absolute atomic E-state index is 0.765. The summed E-state index contributed by atoms with van der Waals surface area (Å²) in [4.78, 5) is 17.7. The standard InChI is InChI=1S/C12H25N3O2/c1-12(2,11(16)17)14(4)7-10-15-8-5-13(3)6-9-15/h5-10H2,1-4H3,(H,16,17). The molecular weight excluding hydrogens is 218 g/mol. The third kappa shape index (κ3) is 3.94. The number of piperazine rings is 1. The Kier molecular flexibility index (Phi) is 4.91. The molecule has 1 N–H and O–H groups in total. The van der Waals surface area contributed by atoms with Crippen molar-refractivity contribution in [2.75, 3.05) is 53.4 Å². The van der Waals surface area contributed by atoms with Gasteiger partial charge in [-0.2, -0.15) is 0 Å². The van der Waals surface area contributed by atoms with Crippen molar-refractivity contribution in [1.82, 2.24) is 14.7 Å². The first-order valence-corrected chi connectivity index (χ1v) is 6.19. The summed E-state index contributed by atoms with van der Waals surface area (Å²) in [7, 11) is 4.02. The zero-order valence-electron chi connectivity index (χ0n) is 11.4. The third-order valence-electron chi connectivity index (χ3n) is 3.83. The Hall–Kier alpha value is -0.650. The number of likely N-dealkylation sites (N-methyl/N-ethyl adjacent to an activating group) is 2. The molecule has 17 heavy (non-hydrogen) atoms. The van der Waals surface area contributed by atoms with Crippen LogP contribution in [-0.2, 0) is 4.79 Å². The molecule has 0 aromatic carbocycles. The van der Waals surface area contributed by atoms with Crippen LogP contribution < -0.4 is 0 Å². The first-order valence-electron chi connectivity index (χ1n) is 6.19. The molecule has 1 saturated heterocycles. The average molecular weight is 243 g/mol. The number of hydrogen-bond donors (Lipinski definition) is 1. The molecule has 0 unspecified atom stereocenters. The van der Waals surface area contributed by atoms with E-state index in [1.165, 1.54) is 0 Å². The van der Waals surface area contributed by atoms with Crippen LogP contribution in [0.5, 0.6) is 0 Å². The molecule has 0 atom stereocenters. The van der Waals surface area contributed by atoms with E-state index in [0.717, 1.165) is 39.3 Å². The summed E-state index contributed by atoms with van der Waals surface area (Å²) < 4.78 is 0. The molecule has 5 heteroatoms. The van der Waals surface area contributed by atoms with E-state index in [0.29, 0.717) is 0 Å². The van der Waals surface area contributed by atoms with Crippen LogP contribution in [0.1, 0.15) is 13.8 Å². The van der Waals surface area contributed by atoms with Crippen molar-refractivity contribution in [3.63, 3.8) is 0 Å². The molecule has 0 saturated carbocycles. The molecular formula is C12H25N3O2. The maximum atomic E-state index is 11.1. The van der Waals surface area contributed by atoms with Gasteiger partial charge in [0.15, 0.2) is 0 Å². The molecule has 0 aliphatic carbocycles. The van der Waals surface area contributed by atoms with Gasteiger partial charge in [-0.25, -0.2) is 0 Å². The molecule has 5 nitrogen and oxygen atoms in total. The van der Waals surface area contributed by atoms with Crippen molar-refractivity contribution >= 4 is 5.97 Å². The van der Waals surface area contributed by atoms with Crippen LogP contribution in [0.15, 0.2) is 0 Å². The monoisotopic (exact) mass is 243 g/mol. The number of carbonyl (C=O) groups is 1. The van der Waals surface area contributed by atoms with Gasteiger partial charge in [0.2, 0.25) is 0 Å². The summed E-state index contributed by atoms with van der Waals surface area (Å²) >= 11 is 0. The smallest absolute Gasteiger partial charge is 0.323 e. The van der Waals surface area contributed by atoms with Crippen LogP contribution in [0.2, 0.25) is 0 Å². The summed E-state index contributed by atoms with van der Waals surface area (Å²) in [5.74, 6) is -0.765. The summed E-state index contributed by atoms with van der Waals surface area (Å²) in [6.07, 6.45) is 0. The van der Waals surface area contributed by atoms with Gasteiger partial charge in [0.1, 0.15) is 5.54 Å². The molecule has 1 aliphatic rings. The van der Waals surface area contributed by atoms with Gasteiger partial charge in [-0.1, -0.05) is 0 Å². The highest BCUT2D eigenvalue weighted by molar-refractivity contribution is 5.77. The number of hydrogen-bond acceptors (Lipinski definition) is 4. The number of rotatable bonds is 5. The minimum Gasteiger partial charge on any atom is -0.480 e. The Morgan fingerprint density at radius 2 is 1.82 bits per heavy atom. The van der Waals surface area contributed by atoms with Crippen molar-refractivity contribution < 1.29 is 9.90 Å². The van der Waals surface area contributed by atoms with Crippen LogP contribution in [0.3, 0.4) is 0 Å². The fraction of sp³-hybridized carbons (Fsp3) is 0.917. The molecule has 100 valence electrons. The van der Waals surface area contributed by atoms with Crippen molar-refractivity contribution in [2.24, 2.45) is 0 Å². The summed E-state index contributed by atoms with van der Waals surface area (Å²) in [5, 5.41) is 9.12. The van der Waals surface area contributed by atoms with Crippen LogP contribution >= 0.6 is 0 Å².